The van der Waals surface area contributed by atoms with Crippen LogP contribution in [0.15, 0.2) is 48.5 Å². The van der Waals surface area contributed by atoms with Gasteiger partial charge in [0.2, 0.25) is 0 Å². The maximum atomic E-state index is 11.8. The van der Waals surface area contributed by atoms with Crippen molar-refractivity contribution in [2.45, 2.75) is 27.7 Å². The standard InChI is InChI=1S/C23H20N2O/c1-13-11-14(2)21(15(3)12-13)20-10-8-18-6-5-17-7-9-19(16(4)26)24-22(17)23(18)25-20/h5-12H,1-4H3. The van der Waals surface area contributed by atoms with Crippen molar-refractivity contribution >= 4 is 27.6 Å². The summed E-state index contributed by atoms with van der Waals surface area (Å²) in [4.78, 5) is 21.3. The normalized spacial score (nSPS) is 11.2. The van der Waals surface area contributed by atoms with Crippen molar-refractivity contribution in [1.82, 2.24) is 9.97 Å². The Bertz CT molecular complexity index is 1170. The van der Waals surface area contributed by atoms with E-state index in [1.807, 2.05) is 12.1 Å². The van der Waals surface area contributed by atoms with Crippen molar-refractivity contribution in [2.75, 3.05) is 0 Å². The molecule has 0 N–H and O–H groups in total. The molecule has 0 fully saturated rings. The number of aryl methyl sites for hydroxylation is 3. The fourth-order valence-corrected chi connectivity index (χ4v) is 3.69. The van der Waals surface area contributed by atoms with Crippen LogP contribution in [-0.4, -0.2) is 15.8 Å². The molecule has 0 spiro atoms. The van der Waals surface area contributed by atoms with Gasteiger partial charge in [-0.2, -0.15) is 0 Å². The number of Topliss-reactive ketones (excluding diaryl/α,β-unsaturated/α-hetero) is 1. The molecule has 0 saturated heterocycles. The van der Waals surface area contributed by atoms with E-state index in [0.717, 1.165) is 33.1 Å². The number of hydrogen-bond acceptors (Lipinski definition) is 3. The second-order valence-electron chi connectivity index (χ2n) is 6.93. The average Bonchev–Trinajstić information content (AvgIpc) is 2.60. The predicted octanol–water partition coefficient (Wildman–Crippen LogP) is 5.58. The third-order valence-corrected chi connectivity index (χ3v) is 4.81. The second-order valence-corrected chi connectivity index (χ2v) is 6.93. The number of pyridine rings is 2. The van der Waals surface area contributed by atoms with Gasteiger partial charge in [0.1, 0.15) is 5.69 Å². The second kappa shape index (κ2) is 6.03. The van der Waals surface area contributed by atoms with Gasteiger partial charge in [-0.25, -0.2) is 9.97 Å². The number of hydrogen-bond donors (Lipinski definition) is 0. The van der Waals surface area contributed by atoms with Crippen molar-refractivity contribution in [3.8, 4) is 11.3 Å². The molecule has 0 unspecified atom stereocenters. The summed E-state index contributed by atoms with van der Waals surface area (Å²) in [6.07, 6.45) is 0. The van der Waals surface area contributed by atoms with Crippen LogP contribution in [0, 0.1) is 20.8 Å². The van der Waals surface area contributed by atoms with Crippen LogP contribution in [-0.2, 0) is 0 Å². The van der Waals surface area contributed by atoms with E-state index in [1.165, 1.54) is 23.6 Å². The molecule has 0 aliphatic carbocycles. The maximum absolute atomic E-state index is 11.8. The molecule has 0 atom stereocenters. The molecule has 3 nitrogen and oxygen atoms in total. The predicted molar refractivity (Wildman–Crippen MR) is 107 cm³/mol. The number of carbonyl (C=O) groups is 1. The fraction of sp³-hybridized carbons (Fsp3) is 0.174. The molecule has 2 aromatic carbocycles. The smallest absolute Gasteiger partial charge is 0.178 e. The monoisotopic (exact) mass is 340 g/mol. The van der Waals surface area contributed by atoms with E-state index < -0.39 is 0 Å². The fourth-order valence-electron chi connectivity index (χ4n) is 3.69. The summed E-state index contributed by atoms with van der Waals surface area (Å²) in [5, 5.41) is 2.02. The Hall–Kier alpha value is -3.07. The number of nitrogens with zero attached hydrogens (tertiary/aromatic N) is 2. The number of rotatable bonds is 2. The molecular weight excluding hydrogens is 320 g/mol. The number of benzene rings is 2. The molecule has 2 aromatic heterocycles. The molecule has 128 valence electrons. The minimum Gasteiger partial charge on any atom is -0.293 e. The molecule has 3 heteroatoms. The summed E-state index contributed by atoms with van der Waals surface area (Å²) in [6.45, 7) is 7.89. The Morgan fingerprint density at radius 3 is 1.92 bits per heavy atom. The van der Waals surface area contributed by atoms with Gasteiger partial charge >= 0.3 is 0 Å². The van der Waals surface area contributed by atoms with Crippen LogP contribution >= 0.6 is 0 Å². The van der Waals surface area contributed by atoms with E-state index in [-0.39, 0.29) is 5.78 Å². The minimum absolute atomic E-state index is 0.0368. The topological polar surface area (TPSA) is 42.9 Å². The zero-order chi connectivity index (χ0) is 18.4. The molecule has 2 heterocycles. The van der Waals surface area contributed by atoms with Crippen molar-refractivity contribution in [1.29, 1.82) is 0 Å². The number of fused-ring (bicyclic) bond motifs is 3. The Morgan fingerprint density at radius 2 is 1.31 bits per heavy atom. The third-order valence-electron chi connectivity index (χ3n) is 4.81. The van der Waals surface area contributed by atoms with Crippen LogP contribution < -0.4 is 0 Å². The quantitative estimate of drug-likeness (QED) is 0.353. The lowest BCUT2D eigenvalue weighted by Crippen LogP contribution is -1.98. The molecule has 0 bridgehead atoms. The van der Waals surface area contributed by atoms with Crippen LogP contribution in [0.4, 0.5) is 0 Å². The Labute approximate surface area is 152 Å². The molecule has 0 aliphatic heterocycles. The van der Waals surface area contributed by atoms with Gasteiger partial charge in [-0.3, -0.25) is 4.79 Å². The van der Waals surface area contributed by atoms with Gasteiger partial charge in [-0.15, -0.1) is 0 Å². The summed E-state index contributed by atoms with van der Waals surface area (Å²) in [5.74, 6) is -0.0368. The highest BCUT2D eigenvalue weighted by Gasteiger charge is 2.12. The summed E-state index contributed by atoms with van der Waals surface area (Å²) in [7, 11) is 0. The number of aromatic nitrogens is 2. The molecule has 26 heavy (non-hydrogen) atoms. The zero-order valence-electron chi connectivity index (χ0n) is 15.4. The van der Waals surface area contributed by atoms with E-state index >= 15 is 0 Å². The first kappa shape index (κ1) is 16.4. The molecule has 0 amide bonds. The van der Waals surface area contributed by atoms with Crippen LogP contribution in [0.1, 0.15) is 34.1 Å². The van der Waals surface area contributed by atoms with Gasteiger partial charge in [0.05, 0.1) is 16.7 Å². The number of carbonyl (C=O) groups excluding carboxylic acids is 1. The lowest BCUT2D eigenvalue weighted by atomic mass is 9.96. The Kier molecular flexibility index (Phi) is 3.80. The highest BCUT2D eigenvalue weighted by atomic mass is 16.1. The van der Waals surface area contributed by atoms with E-state index in [9.17, 15) is 4.79 Å². The van der Waals surface area contributed by atoms with E-state index in [0.29, 0.717) is 5.69 Å². The molecule has 0 radical (unpaired) electrons. The van der Waals surface area contributed by atoms with Crippen LogP contribution in [0.2, 0.25) is 0 Å². The summed E-state index contributed by atoms with van der Waals surface area (Å²) in [5.41, 5.74) is 7.87. The van der Waals surface area contributed by atoms with Gasteiger partial charge < -0.3 is 0 Å². The lowest BCUT2D eigenvalue weighted by Gasteiger charge is -2.12. The van der Waals surface area contributed by atoms with Gasteiger partial charge in [0, 0.05) is 23.3 Å². The first-order valence-electron chi connectivity index (χ1n) is 8.74. The van der Waals surface area contributed by atoms with Crippen LogP contribution in [0.25, 0.3) is 33.1 Å². The summed E-state index contributed by atoms with van der Waals surface area (Å²) < 4.78 is 0. The van der Waals surface area contributed by atoms with E-state index in [2.05, 4.69) is 56.1 Å². The maximum Gasteiger partial charge on any atom is 0.178 e. The van der Waals surface area contributed by atoms with Gasteiger partial charge in [0.25, 0.3) is 0 Å². The van der Waals surface area contributed by atoms with Crippen molar-refractivity contribution in [3.05, 3.63) is 70.9 Å². The van der Waals surface area contributed by atoms with Crippen LogP contribution in [0.3, 0.4) is 0 Å². The van der Waals surface area contributed by atoms with Crippen LogP contribution in [0.5, 0.6) is 0 Å². The molecule has 0 saturated carbocycles. The van der Waals surface area contributed by atoms with Gasteiger partial charge in [-0.05, 0) is 44.0 Å². The minimum atomic E-state index is -0.0368. The largest absolute Gasteiger partial charge is 0.293 e. The zero-order valence-corrected chi connectivity index (χ0v) is 15.4. The van der Waals surface area contributed by atoms with Crippen molar-refractivity contribution < 1.29 is 4.79 Å². The Morgan fingerprint density at radius 1 is 0.769 bits per heavy atom. The first-order valence-corrected chi connectivity index (χ1v) is 8.74. The van der Waals surface area contributed by atoms with Gasteiger partial charge in [0.15, 0.2) is 5.78 Å². The highest BCUT2D eigenvalue weighted by Crippen LogP contribution is 2.30. The van der Waals surface area contributed by atoms with Gasteiger partial charge in [-0.1, -0.05) is 42.0 Å². The van der Waals surface area contributed by atoms with Crippen molar-refractivity contribution in [3.63, 3.8) is 0 Å². The van der Waals surface area contributed by atoms with E-state index in [4.69, 9.17) is 4.98 Å². The molecular formula is C23H20N2O. The molecule has 4 aromatic rings. The Balaban J connectivity index is 2.04. The summed E-state index contributed by atoms with van der Waals surface area (Å²) in [6, 6.07) is 16.3. The van der Waals surface area contributed by atoms with E-state index in [1.54, 1.807) is 6.07 Å². The van der Waals surface area contributed by atoms with Crippen molar-refractivity contribution in [2.24, 2.45) is 0 Å². The average molecular weight is 340 g/mol. The SMILES string of the molecule is CC(=O)c1ccc2ccc3ccc(-c4c(C)cc(C)cc4C)nc3c2n1. The summed E-state index contributed by atoms with van der Waals surface area (Å²) >= 11 is 0. The highest BCUT2D eigenvalue weighted by molar-refractivity contribution is 6.05. The first-order chi connectivity index (χ1) is 12.4. The lowest BCUT2D eigenvalue weighted by molar-refractivity contribution is 0.101. The number of ketones is 1. The third kappa shape index (κ3) is 2.66. The molecule has 4 rings (SSSR count). The molecule has 0 aliphatic rings.